The number of anilines is 1. The first-order valence-corrected chi connectivity index (χ1v) is 8.14. The maximum Gasteiger partial charge on any atom is 0.259 e. The number of methoxy groups -OCH3 is 1. The number of hydrogen-bond donors (Lipinski definition) is 1. The maximum atomic E-state index is 12.6. The van der Waals surface area contributed by atoms with Crippen molar-refractivity contribution in [2.75, 3.05) is 12.4 Å². The van der Waals surface area contributed by atoms with Crippen molar-refractivity contribution in [3.63, 3.8) is 0 Å². The van der Waals surface area contributed by atoms with Crippen molar-refractivity contribution >= 4 is 27.5 Å². The van der Waals surface area contributed by atoms with Crippen molar-refractivity contribution in [3.8, 4) is 11.4 Å². The van der Waals surface area contributed by atoms with E-state index in [2.05, 4.69) is 26.3 Å². The van der Waals surface area contributed by atoms with Crippen LogP contribution in [-0.4, -0.2) is 22.8 Å². The van der Waals surface area contributed by atoms with Crippen LogP contribution in [0.3, 0.4) is 0 Å². The molecule has 0 aliphatic heterocycles. The zero-order valence-electron chi connectivity index (χ0n) is 13.3. The highest BCUT2D eigenvalue weighted by atomic mass is 79.9. The summed E-state index contributed by atoms with van der Waals surface area (Å²) in [6.07, 6.45) is 1.64. The number of para-hydroxylation sites is 1. The van der Waals surface area contributed by atoms with Gasteiger partial charge in [0, 0.05) is 4.47 Å². The SMILES string of the molecule is COc1cc(Br)ccc1C(=O)Nc1cnn(-c2ccccc2)c1C. The van der Waals surface area contributed by atoms with Crippen LogP contribution in [0.4, 0.5) is 5.69 Å². The molecule has 6 heteroatoms. The Labute approximate surface area is 148 Å². The molecule has 0 aliphatic carbocycles. The molecule has 0 aliphatic rings. The van der Waals surface area contributed by atoms with Gasteiger partial charge in [-0.2, -0.15) is 5.10 Å². The maximum absolute atomic E-state index is 12.6. The molecule has 0 unspecified atom stereocenters. The molecule has 5 nitrogen and oxygen atoms in total. The smallest absolute Gasteiger partial charge is 0.259 e. The van der Waals surface area contributed by atoms with Crippen LogP contribution < -0.4 is 10.1 Å². The van der Waals surface area contributed by atoms with E-state index in [1.165, 1.54) is 7.11 Å². The Bertz CT molecular complexity index is 875. The van der Waals surface area contributed by atoms with Crippen LogP contribution >= 0.6 is 15.9 Å². The standard InChI is InChI=1S/C18H16BrN3O2/c1-12-16(11-20-22(12)14-6-4-3-5-7-14)21-18(23)15-9-8-13(19)10-17(15)24-2/h3-11H,1-2H3,(H,21,23). The molecule has 0 spiro atoms. The first-order chi connectivity index (χ1) is 11.6. The topological polar surface area (TPSA) is 56.1 Å². The number of amides is 1. The van der Waals surface area contributed by atoms with Gasteiger partial charge in [-0.05, 0) is 37.3 Å². The van der Waals surface area contributed by atoms with E-state index in [9.17, 15) is 4.79 Å². The van der Waals surface area contributed by atoms with Crippen LogP contribution in [0.5, 0.6) is 5.75 Å². The van der Waals surface area contributed by atoms with Crippen LogP contribution in [0.25, 0.3) is 5.69 Å². The number of rotatable bonds is 4. The van der Waals surface area contributed by atoms with Gasteiger partial charge in [-0.3, -0.25) is 4.79 Å². The molecule has 3 aromatic rings. The van der Waals surface area contributed by atoms with Gasteiger partial charge in [-0.1, -0.05) is 34.1 Å². The van der Waals surface area contributed by atoms with E-state index >= 15 is 0 Å². The summed E-state index contributed by atoms with van der Waals surface area (Å²) >= 11 is 3.37. The summed E-state index contributed by atoms with van der Waals surface area (Å²) in [6, 6.07) is 15.0. The van der Waals surface area contributed by atoms with Crippen molar-refractivity contribution < 1.29 is 9.53 Å². The van der Waals surface area contributed by atoms with Gasteiger partial charge in [0.1, 0.15) is 5.75 Å². The molecule has 1 heterocycles. The minimum absolute atomic E-state index is 0.241. The summed E-state index contributed by atoms with van der Waals surface area (Å²) in [5, 5.41) is 7.25. The van der Waals surface area contributed by atoms with E-state index in [4.69, 9.17) is 4.74 Å². The summed E-state index contributed by atoms with van der Waals surface area (Å²) in [7, 11) is 1.54. The quantitative estimate of drug-likeness (QED) is 0.731. The molecule has 24 heavy (non-hydrogen) atoms. The molecule has 122 valence electrons. The van der Waals surface area contributed by atoms with Crippen molar-refractivity contribution in [2.24, 2.45) is 0 Å². The molecular formula is C18H16BrN3O2. The lowest BCUT2D eigenvalue weighted by Gasteiger charge is -2.10. The Hall–Kier alpha value is -2.60. The number of carbonyl (C=O) groups excluding carboxylic acids is 1. The first kappa shape index (κ1) is 16.3. The summed E-state index contributed by atoms with van der Waals surface area (Å²) < 4.78 is 7.92. The number of carbonyl (C=O) groups is 1. The average molecular weight is 386 g/mol. The molecule has 0 radical (unpaired) electrons. The average Bonchev–Trinajstić information content (AvgIpc) is 2.96. The minimum atomic E-state index is -0.241. The molecule has 1 amide bonds. The Morgan fingerprint density at radius 1 is 1.21 bits per heavy atom. The predicted octanol–water partition coefficient (Wildman–Crippen LogP) is 4.20. The largest absolute Gasteiger partial charge is 0.496 e. The van der Waals surface area contributed by atoms with E-state index in [-0.39, 0.29) is 5.91 Å². The molecule has 1 N–H and O–H groups in total. The fourth-order valence-electron chi connectivity index (χ4n) is 2.40. The van der Waals surface area contributed by atoms with Crippen LogP contribution in [0.15, 0.2) is 59.2 Å². The fourth-order valence-corrected chi connectivity index (χ4v) is 2.74. The highest BCUT2D eigenvalue weighted by molar-refractivity contribution is 9.10. The van der Waals surface area contributed by atoms with Gasteiger partial charge in [-0.25, -0.2) is 4.68 Å². The number of nitrogens with zero attached hydrogens (tertiary/aromatic N) is 2. The van der Waals surface area contributed by atoms with Gasteiger partial charge in [0.25, 0.3) is 5.91 Å². The summed E-state index contributed by atoms with van der Waals surface area (Å²) in [5.41, 5.74) is 2.92. The van der Waals surface area contributed by atoms with Crippen molar-refractivity contribution in [1.82, 2.24) is 9.78 Å². The molecule has 0 bridgehead atoms. The monoisotopic (exact) mass is 385 g/mol. The lowest BCUT2D eigenvalue weighted by Crippen LogP contribution is -2.13. The Morgan fingerprint density at radius 2 is 1.96 bits per heavy atom. The summed E-state index contributed by atoms with van der Waals surface area (Å²) in [6.45, 7) is 1.91. The second kappa shape index (κ2) is 6.88. The molecule has 0 saturated carbocycles. The number of ether oxygens (including phenoxy) is 1. The van der Waals surface area contributed by atoms with E-state index in [0.717, 1.165) is 15.9 Å². The van der Waals surface area contributed by atoms with Crippen LogP contribution in [0.1, 0.15) is 16.1 Å². The second-order valence-electron chi connectivity index (χ2n) is 5.19. The van der Waals surface area contributed by atoms with Crippen LogP contribution in [-0.2, 0) is 0 Å². The van der Waals surface area contributed by atoms with Crippen LogP contribution in [0.2, 0.25) is 0 Å². The van der Waals surface area contributed by atoms with E-state index in [1.807, 2.05) is 37.3 Å². The zero-order chi connectivity index (χ0) is 17.1. The lowest BCUT2D eigenvalue weighted by atomic mass is 10.2. The van der Waals surface area contributed by atoms with Gasteiger partial charge in [0.15, 0.2) is 0 Å². The number of hydrogen-bond acceptors (Lipinski definition) is 3. The normalized spacial score (nSPS) is 10.5. The third-order valence-electron chi connectivity index (χ3n) is 3.67. The molecular weight excluding hydrogens is 370 g/mol. The van der Waals surface area contributed by atoms with Gasteiger partial charge in [-0.15, -0.1) is 0 Å². The van der Waals surface area contributed by atoms with Crippen molar-refractivity contribution in [2.45, 2.75) is 6.92 Å². The Kier molecular flexibility index (Phi) is 4.66. The van der Waals surface area contributed by atoms with E-state index in [0.29, 0.717) is 17.0 Å². The Balaban J connectivity index is 1.87. The van der Waals surface area contributed by atoms with Gasteiger partial charge < -0.3 is 10.1 Å². The molecule has 2 aromatic carbocycles. The van der Waals surface area contributed by atoms with Gasteiger partial charge in [0.05, 0.1) is 35.9 Å². The van der Waals surface area contributed by atoms with Gasteiger partial charge in [0.2, 0.25) is 0 Å². The molecule has 0 fully saturated rings. The predicted molar refractivity (Wildman–Crippen MR) is 96.9 cm³/mol. The van der Waals surface area contributed by atoms with Crippen molar-refractivity contribution in [3.05, 3.63) is 70.5 Å². The molecule has 3 rings (SSSR count). The molecule has 0 saturated heterocycles. The Morgan fingerprint density at radius 3 is 2.67 bits per heavy atom. The summed E-state index contributed by atoms with van der Waals surface area (Å²) in [4.78, 5) is 12.6. The number of benzene rings is 2. The second-order valence-corrected chi connectivity index (χ2v) is 6.11. The van der Waals surface area contributed by atoms with Crippen molar-refractivity contribution in [1.29, 1.82) is 0 Å². The molecule has 1 aromatic heterocycles. The van der Waals surface area contributed by atoms with Gasteiger partial charge >= 0.3 is 0 Å². The zero-order valence-corrected chi connectivity index (χ0v) is 14.9. The lowest BCUT2D eigenvalue weighted by molar-refractivity contribution is 0.102. The van der Waals surface area contributed by atoms with E-state index < -0.39 is 0 Å². The number of aromatic nitrogens is 2. The minimum Gasteiger partial charge on any atom is -0.496 e. The first-order valence-electron chi connectivity index (χ1n) is 7.35. The van der Waals surface area contributed by atoms with Crippen LogP contribution in [0, 0.1) is 6.92 Å². The fraction of sp³-hybridized carbons (Fsp3) is 0.111. The third-order valence-corrected chi connectivity index (χ3v) is 4.16. The number of nitrogens with one attached hydrogen (secondary N) is 1. The third kappa shape index (κ3) is 3.19. The highest BCUT2D eigenvalue weighted by Gasteiger charge is 2.16. The highest BCUT2D eigenvalue weighted by Crippen LogP contribution is 2.25. The van der Waals surface area contributed by atoms with E-state index in [1.54, 1.807) is 29.1 Å². The number of halogens is 1. The molecule has 0 atom stereocenters. The summed E-state index contributed by atoms with van der Waals surface area (Å²) in [5.74, 6) is 0.269.